The number of rotatable bonds is 3. The molecule has 1 aliphatic rings. The van der Waals surface area contributed by atoms with Crippen LogP contribution >= 0.6 is 0 Å². The molecule has 0 unspecified atom stereocenters. The van der Waals surface area contributed by atoms with Crippen molar-refractivity contribution in [1.29, 1.82) is 0 Å². The highest BCUT2D eigenvalue weighted by atomic mass is 16.6. The van der Waals surface area contributed by atoms with Gasteiger partial charge in [0.25, 0.3) is 0 Å². The minimum Gasteiger partial charge on any atom is -0.462 e. The Morgan fingerprint density at radius 3 is 2.58 bits per heavy atom. The Bertz CT molecular complexity index is 449. The average Bonchev–Trinajstić information content (AvgIpc) is 2.39. The number of ether oxygens (including phenoxy) is 1. The zero-order valence-corrected chi connectivity index (χ0v) is 11.6. The van der Waals surface area contributed by atoms with Crippen molar-refractivity contribution in [2.75, 3.05) is 19.8 Å². The van der Waals surface area contributed by atoms with Crippen molar-refractivity contribution in [3.05, 3.63) is 29.8 Å². The van der Waals surface area contributed by atoms with Gasteiger partial charge in [0.1, 0.15) is 0 Å². The summed E-state index contributed by atoms with van der Waals surface area (Å²) in [5, 5.41) is 0. The molecule has 1 aromatic rings. The van der Waals surface area contributed by atoms with Gasteiger partial charge in [-0.3, -0.25) is 0 Å². The van der Waals surface area contributed by atoms with Crippen LogP contribution in [0.25, 0.3) is 0 Å². The van der Waals surface area contributed by atoms with E-state index in [0.717, 1.165) is 5.46 Å². The molecular weight excluding hydrogens is 243 g/mol. The van der Waals surface area contributed by atoms with E-state index in [1.165, 1.54) is 0 Å². The number of carbonyl (C=O) groups excluding carboxylic acids is 1. The van der Waals surface area contributed by atoms with Gasteiger partial charge in [0.15, 0.2) is 0 Å². The standard InChI is InChI=1S/C14H19BO4/c1-4-17-13(16)11-7-5-6-8-12(11)15-18-9-14(2,3)10-19-15/h5-8H,4,9-10H2,1-3H3. The lowest BCUT2D eigenvalue weighted by molar-refractivity contribution is 0.0338. The first kappa shape index (κ1) is 14.1. The molecule has 0 saturated carbocycles. The molecule has 0 amide bonds. The van der Waals surface area contributed by atoms with Crippen LogP contribution < -0.4 is 5.46 Å². The first-order chi connectivity index (χ1) is 9.03. The van der Waals surface area contributed by atoms with E-state index < -0.39 is 7.12 Å². The molecule has 1 heterocycles. The number of esters is 1. The van der Waals surface area contributed by atoms with Crippen molar-refractivity contribution < 1.29 is 18.8 Å². The zero-order valence-electron chi connectivity index (χ0n) is 11.6. The summed E-state index contributed by atoms with van der Waals surface area (Å²) in [6, 6.07) is 7.25. The lowest BCUT2D eigenvalue weighted by Crippen LogP contribution is -2.49. The Labute approximate surface area is 114 Å². The normalized spacial score (nSPS) is 18.2. The van der Waals surface area contributed by atoms with Gasteiger partial charge in [0.2, 0.25) is 0 Å². The second-order valence-corrected chi connectivity index (χ2v) is 5.43. The van der Waals surface area contributed by atoms with Crippen LogP contribution in [0.2, 0.25) is 0 Å². The molecule has 1 aliphatic heterocycles. The largest absolute Gasteiger partial charge is 0.494 e. The van der Waals surface area contributed by atoms with Gasteiger partial charge in [-0.15, -0.1) is 0 Å². The van der Waals surface area contributed by atoms with E-state index in [4.69, 9.17) is 14.0 Å². The van der Waals surface area contributed by atoms with Crippen LogP contribution in [-0.2, 0) is 14.0 Å². The van der Waals surface area contributed by atoms with E-state index in [1.807, 2.05) is 18.2 Å². The maximum absolute atomic E-state index is 11.9. The molecule has 0 radical (unpaired) electrons. The molecule has 0 atom stereocenters. The van der Waals surface area contributed by atoms with Crippen LogP contribution in [-0.4, -0.2) is 32.9 Å². The zero-order chi connectivity index (χ0) is 13.9. The number of hydrogen-bond donors (Lipinski definition) is 0. The van der Waals surface area contributed by atoms with Crippen molar-refractivity contribution in [3.63, 3.8) is 0 Å². The minimum atomic E-state index is -0.492. The van der Waals surface area contributed by atoms with Crippen LogP contribution in [0, 0.1) is 5.41 Å². The molecule has 1 aromatic carbocycles. The molecular formula is C14H19BO4. The quantitative estimate of drug-likeness (QED) is 0.613. The van der Waals surface area contributed by atoms with E-state index in [0.29, 0.717) is 25.4 Å². The third-order valence-corrected chi connectivity index (χ3v) is 2.96. The summed E-state index contributed by atoms with van der Waals surface area (Å²) in [5.41, 5.74) is 1.25. The molecule has 0 bridgehead atoms. The molecule has 102 valence electrons. The molecule has 5 heteroatoms. The van der Waals surface area contributed by atoms with Gasteiger partial charge in [-0.1, -0.05) is 32.0 Å². The fourth-order valence-electron chi connectivity index (χ4n) is 1.97. The van der Waals surface area contributed by atoms with E-state index in [9.17, 15) is 4.79 Å². The topological polar surface area (TPSA) is 44.8 Å². The van der Waals surface area contributed by atoms with Crippen LogP contribution in [0.1, 0.15) is 31.1 Å². The van der Waals surface area contributed by atoms with Crippen LogP contribution in [0.4, 0.5) is 0 Å². The summed E-state index contributed by atoms with van der Waals surface area (Å²) in [6.45, 7) is 7.52. The van der Waals surface area contributed by atoms with Crippen molar-refractivity contribution in [1.82, 2.24) is 0 Å². The Balaban J connectivity index is 2.19. The maximum atomic E-state index is 11.9. The summed E-state index contributed by atoms with van der Waals surface area (Å²) < 4.78 is 16.5. The van der Waals surface area contributed by atoms with E-state index in [2.05, 4.69) is 13.8 Å². The van der Waals surface area contributed by atoms with E-state index in [1.54, 1.807) is 13.0 Å². The number of carbonyl (C=O) groups is 1. The van der Waals surface area contributed by atoms with Crippen molar-refractivity contribution >= 4 is 18.6 Å². The van der Waals surface area contributed by atoms with Gasteiger partial charge in [0, 0.05) is 18.6 Å². The van der Waals surface area contributed by atoms with Crippen LogP contribution in [0.15, 0.2) is 24.3 Å². The Morgan fingerprint density at radius 1 is 1.32 bits per heavy atom. The van der Waals surface area contributed by atoms with Gasteiger partial charge < -0.3 is 14.0 Å². The van der Waals surface area contributed by atoms with Crippen molar-refractivity contribution in [2.45, 2.75) is 20.8 Å². The second-order valence-electron chi connectivity index (χ2n) is 5.43. The molecule has 0 spiro atoms. The Morgan fingerprint density at radius 2 is 1.95 bits per heavy atom. The summed E-state index contributed by atoms with van der Waals surface area (Å²) in [6.07, 6.45) is 0. The highest BCUT2D eigenvalue weighted by molar-refractivity contribution is 6.63. The first-order valence-electron chi connectivity index (χ1n) is 6.53. The van der Waals surface area contributed by atoms with Crippen molar-refractivity contribution in [2.24, 2.45) is 5.41 Å². The predicted octanol–water partition coefficient (Wildman–Crippen LogP) is 1.63. The highest BCUT2D eigenvalue weighted by Gasteiger charge is 2.35. The van der Waals surface area contributed by atoms with Crippen LogP contribution in [0.3, 0.4) is 0 Å². The Hall–Kier alpha value is -1.33. The molecule has 2 rings (SSSR count). The fraction of sp³-hybridized carbons (Fsp3) is 0.500. The SMILES string of the molecule is CCOC(=O)c1ccccc1B1OCC(C)(C)CO1. The molecule has 0 N–H and O–H groups in total. The number of benzene rings is 1. The van der Waals surface area contributed by atoms with Gasteiger partial charge in [-0.05, 0) is 18.5 Å². The van der Waals surface area contributed by atoms with Gasteiger partial charge in [-0.25, -0.2) is 4.79 Å². The number of hydrogen-bond acceptors (Lipinski definition) is 4. The van der Waals surface area contributed by atoms with Gasteiger partial charge in [-0.2, -0.15) is 0 Å². The predicted molar refractivity (Wildman–Crippen MR) is 73.5 cm³/mol. The average molecular weight is 262 g/mol. The summed E-state index contributed by atoms with van der Waals surface area (Å²) in [5.74, 6) is -0.338. The van der Waals surface area contributed by atoms with E-state index >= 15 is 0 Å². The second kappa shape index (κ2) is 5.76. The third kappa shape index (κ3) is 3.36. The summed E-state index contributed by atoms with van der Waals surface area (Å²) >= 11 is 0. The van der Waals surface area contributed by atoms with Gasteiger partial charge in [0.05, 0.1) is 12.2 Å². The Kier molecular flexibility index (Phi) is 4.27. The molecule has 0 aliphatic carbocycles. The molecule has 1 saturated heterocycles. The lowest BCUT2D eigenvalue weighted by atomic mass is 9.73. The maximum Gasteiger partial charge on any atom is 0.494 e. The summed E-state index contributed by atoms with van der Waals surface area (Å²) in [4.78, 5) is 11.9. The monoisotopic (exact) mass is 262 g/mol. The first-order valence-corrected chi connectivity index (χ1v) is 6.53. The third-order valence-electron chi connectivity index (χ3n) is 2.96. The van der Waals surface area contributed by atoms with E-state index in [-0.39, 0.29) is 11.4 Å². The van der Waals surface area contributed by atoms with Gasteiger partial charge >= 0.3 is 13.1 Å². The molecule has 4 nitrogen and oxygen atoms in total. The highest BCUT2D eigenvalue weighted by Crippen LogP contribution is 2.21. The fourth-order valence-corrected chi connectivity index (χ4v) is 1.97. The molecule has 19 heavy (non-hydrogen) atoms. The lowest BCUT2D eigenvalue weighted by Gasteiger charge is -2.33. The molecule has 0 aromatic heterocycles. The summed E-state index contributed by atoms with van der Waals surface area (Å²) in [7, 11) is -0.492. The molecule has 1 fully saturated rings. The minimum absolute atomic E-state index is 0.00930. The van der Waals surface area contributed by atoms with Crippen molar-refractivity contribution in [3.8, 4) is 0 Å². The smallest absolute Gasteiger partial charge is 0.462 e. The van der Waals surface area contributed by atoms with Crippen LogP contribution in [0.5, 0.6) is 0 Å².